The molecule has 0 aromatic heterocycles. The van der Waals surface area contributed by atoms with Crippen molar-refractivity contribution in [1.82, 2.24) is 5.32 Å². The zero-order valence-corrected chi connectivity index (χ0v) is 11.9. The summed E-state index contributed by atoms with van der Waals surface area (Å²) in [7, 11) is 0. The Hall–Kier alpha value is -1.71. The van der Waals surface area contributed by atoms with Gasteiger partial charge < -0.3 is 16.0 Å². The number of amides is 1. The first kappa shape index (κ1) is 13.7. The number of nitrogen functional groups attached to an aromatic ring is 1. The molecule has 4 nitrogen and oxygen atoms in total. The molecule has 1 aliphatic heterocycles. The van der Waals surface area contributed by atoms with Crippen LogP contribution in [-0.4, -0.2) is 25.5 Å². The van der Waals surface area contributed by atoms with Crippen LogP contribution in [0.5, 0.6) is 0 Å². The van der Waals surface area contributed by atoms with Crippen molar-refractivity contribution in [2.24, 2.45) is 11.8 Å². The number of hydrogen-bond acceptors (Lipinski definition) is 3. The van der Waals surface area contributed by atoms with Crippen LogP contribution in [-0.2, 0) is 0 Å². The summed E-state index contributed by atoms with van der Waals surface area (Å²) in [4.78, 5) is 14.1. The number of hydrogen-bond donors (Lipinski definition) is 2. The summed E-state index contributed by atoms with van der Waals surface area (Å²) in [6.07, 6.45) is 0. The van der Waals surface area contributed by atoms with Gasteiger partial charge in [-0.3, -0.25) is 4.79 Å². The van der Waals surface area contributed by atoms with Crippen LogP contribution in [0.4, 0.5) is 11.4 Å². The molecule has 1 aromatic carbocycles. The molecule has 4 heteroatoms. The number of nitrogens with zero attached hydrogens (tertiary/aromatic N) is 1. The lowest BCUT2D eigenvalue weighted by molar-refractivity contribution is 0.0956. The van der Waals surface area contributed by atoms with Crippen LogP contribution in [0, 0.1) is 11.8 Å². The highest BCUT2D eigenvalue weighted by atomic mass is 16.1. The summed E-state index contributed by atoms with van der Waals surface area (Å²) in [5.74, 6) is 1.30. The maximum Gasteiger partial charge on any atom is 0.251 e. The highest BCUT2D eigenvalue weighted by Gasteiger charge is 2.27. The fourth-order valence-electron chi connectivity index (χ4n) is 2.57. The number of nitrogens with two attached hydrogens (primary N) is 1. The SMILES string of the molecule is CCNC(=O)c1ccc(N2CC(C)C(C)C2)c(N)c1. The summed E-state index contributed by atoms with van der Waals surface area (Å²) >= 11 is 0. The molecule has 0 bridgehead atoms. The van der Waals surface area contributed by atoms with Crippen molar-refractivity contribution in [3.05, 3.63) is 23.8 Å². The largest absolute Gasteiger partial charge is 0.397 e. The van der Waals surface area contributed by atoms with Crippen molar-refractivity contribution in [2.75, 3.05) is 30.3 Å². The minimum absolute atomic E-state index is 0.0658. The number of rotatable bonds is 3. The lowest BCUT2D eigenvalue weighted by atomic mass is 10.0. The maximum atomic E-state index is 11.8. The first-order valence-corrected chi connectivity index (χ1v) is 6.95. The number of nitrogens with one attached hydrogen (secondary N) is 1. The first-order valence-electron chi connectivity index (χ1n) is 6.95. The number of anilines is 2. The molecule has 1 amide bonds. The summed E-state index contributed by atoms with van der Waals surface area (Å²) in [5, 5.41) is 2.78. The van der Waals surface area contributed by atoms with E-state index in [4.69, 9.17) is 5.73 Å². The summed E-state index contributed by atoms with van der Waals surface area (Å²) in [6.45, 7) is 9.13. The molecule has 0 saturated carbocycles. The molecule has 0 spiro atoms. The molecule has 1 aromatic rings. The standard InChI is InChI=1S/C15H23N3O/c1-4-17-15(19)12-5-6-14(13(16)7-12)18-8-10(2)11(3)9-18/h5-7,10-11H,4,8-9,16H2,1-3H3,(H,17,19). The molecule has 1 aliphatic rings. The van der Waals surface area contributed by atoms with Gasteiger partial charge in [-0.05, 0) is 37.0 Å². The Kier molecular flexibility index (Phi) is 3.98. The van der Waals surface area contributed by atoms with E-state index in [1.165, 1.54) is 0 Å². The third-order valence-electron chi connectivity index (χ3n) is 3.96. The van der Waals surface area contributed by atoms with Crippen molar-refractivity contribution < 1.29 is 4.79 Å². The molecule has 2 rings (SSSR count). The van der Waals surface area contributed by atoms with Crippen molar-refractivity contribution in [3.63, 3.8) is 0 Å². The molecule has 104 valence electrons. The molecule has 19 heavy (non-hydrogen) atoms. The van der Waals surface area contributed by atoms with E-state index in [-0.39, 0.29) is 5.91 Å². The van der Waals surface area contributed by atoms with Crippen LogP contribution in [0.1, 0.15) is 31.1 Å². The highest BCUT2D eigenvalue weighted by Crippen LogP contribution is 2.31. The van der Waals surface area contributed by atoms with Gasteiger partial charge in [-0.2, -0.15) is 0 Å². The average molecular weight is 261 g/mol. The second kappa shape index (κ2) is 5.51. The van der Waals surface area contributed by atoms with Gasteiger partial charge in [0.05, 0.1) is 11.4 Å². The van der Waals surface area contributed by atoms with Crippen LogP contribution >= 0.6 is 0 Å². The van der Waals surface area contributed by atoms with Crippen LogP contribution < -0.4 is 16.0 Å². The molecular weight excluding hydrogens is 238 g/mol. The zero-order chi connectivity index (χ0) is 14.0. The maximum absolute atomic E-state index is 11.8. The number of carbonyl (C=O) groups excluding carboxylic acids is 1. The highest BCUT2D eigenvalue weighted by molar-refractivity contribution is 5.96. The van der Waals surface area contributed by atoms with E-state index in [9.17, 15) is 4.79 Å². The summed E-state index contributed by atoms with van der Waals surface area (Å²) in [5.41, 5.74) is 8.46. The van der Waals surface area contributed by atoms with Crippen molar-refractivity contribution in [1.29, 1.82) is 0 Å². The predicted molar refractivity (Wildman–Crippen MR) is 79.4 cm³/mol. The molecular formula is C15H23N3O. The molecule has 0 radical (unpaired) electrons. The minimum Gasteiger partial charge on any atom is -0.397 e. The second-order valence-electron chi connectivity index (χ2n) is 5.49. The van der Waals surface area contributed by atoms with Gasteiger partial charge in [0.25, 0.3) is 5.91 Å². The van der Waals surface area contributed by atoms with E-state index in [0.717, 1.165) is 18.8 Å². The molecule has 0 aliphatic carbocycles. The Labute approximate surface area is 115 Å². The van der Waals surface area contributed by atoms with Crippen molar-refractivity contribution in [3.8, 4) is 0 Å². The van der Waals surface area contributed by atoms with E-state index < -0.39 is 0 Å². The van der Waals surface area contributed by atoms with Crippen molar-refractivity contribution >= 4 is 17.3 Å². The van der Waals surface area contributed by atoms with Crippen molar-refractivity contribution in [2.45, 2.75) is 20.8 Å². The summed E-state index contributed by atoms with van der Waals surface area (Å²) in [6, 6.07) is 5.59. The Bertz CT molecular complexity index is 462. The Balaban J connectivity index is 2.18. The third kappa shape index (κ3) is 2.83. The quantitative estimate of drug-likeness (QED) is 0.819. The Morgan fingerprint density at radius 2 is 2.00 bits per heavy atom. The zero-order valence-electron chi connectivity index (χ0n) is 11.9. The molecule has 1 heterocycles. The monoisotopic (exact) mass is 261 g/mol. The minimum atomic E-state index is -0.0658. The van der Waals surface area contributed by atoms with Gasteiger partial charge in [0, 0.05) is 25.2 Å². The fraction of sp³-hybridized carbons (Fsp3) is 0.533. The van der Waals surface area contributed by atoms with E-state index in [1.54, 1.807) is 6.07 Å². The molecule has 1 fully saturated rings. The summed E-state index contributed by atoms with van der Waals surface area (Å²) < 4.78 is 0. The van der Waals surface area contributed by atoms with E-state index in [2.05, 4.69) is 24.1 Å². The lowest BCUT2D eigenvalue weighted by Gasteiger charge is -2.21. The second-order valence-corrected chi connectivity index (χ2v) is 5.49. The van der Waals surface area contributed by atoms with Gasteiger partial charge in [-0.15, -0.1) is 0 Å². The topological polar surface area (TPSA) is 58.4 Å². The van der Waals surface area contributed by atoms with Crippen LogP contribution in [0.25, 0.3) is 0 Å². The van der Waals surface area contributed by atoms with Crippen LogP contribution in [0.15, 0.2) is 18.2 Å². The smallest absolute Gasteiger partial charge is 0.251 e. The number of carbonyl (C=O) groups is 1. The van der Waals surface area contributed by atoms with E-state index in [1.807, 2.05) is 19.1 Å². The van der Waals surface area contributed by atoms with Gasteiger partial charge in [0.1, 0.15) is 0 Å². The van der Waals surface area contributed by atoms with E-state index >= 15 is 0 Å². The van der Waals surface area contributed by atoms with Gasteiger partial charge in [0.15, 0.2) is 0 Å². The third-order valence-corrected chi connectivity index (χ3v) is 3.96. The van der Waals surface area contributed by atoms with Gasteiger partial charge >= 0.3 is 0 Å². The Morgan fingerprint density at radius 3 is 2.53 bits per heavy atom. The van der Waals surface area contributed by atoms with Gasteiger partial charge in [-0.1, -0.05) is 13.8 Å². The van der Waals surface area contributed by atoms with Gasteiger partial charge in [-0.25, -0.2) is 0 Å². The fourth-order valence-corrected chi connectivity index (χ4v) is 2.57. The van der Waals surface area contributed by atoms with Gasteiger partial charge in [0.2, 0.25) is 0 Å². The van der Waals surface area contributed by atoms with Crippen LogP contribution in [0.2, 0.25) is 0 Å². The first-order chi connectivity index (χ1) is 9.02. The normalized spacial score (nSPS) is 22.6. The molecule has 2 unspecified atom stereocenters. The molecule has 2 atom stereocenters. The molecule has 3 N–H and O–H groups in total. The number of benzene rings is 1. The van der Waals surface area contributed by atoms with Crippen LogP contribution in [0.3, 0.4) is 0 Å². The predicted octanol–water partition coefficient (Wildman–Crippen LogP) is 2.11. The average Bonchev–Trinajstić information content (AvgIpc) is 2.69. The van der Waals surface area contributed by atoms with E-state index in [0.29, 0.717) is 29.6 Å². The Morgan fingerprint density at radius 1 is 1.37 bits per heavy atom. The lowest BCUT2D eigenvalue weighted by Crippen LogP contribution is -2.24. The molecule has 1 saturated heterocycles.